The maximum absolute atomic E-state index is 13.2. The molecule has 86 valence electrons. The summed E-state index contributed by atoms with van der Waals surface area (Å²) in [4.78, 5) is 0. The molecule has 0 spiro atoms. The summed E-state index contributed by atoms with van der Waals surface area (Å²) < 4.78 is 18.8. The van der Waals surface area contributed by atoms with Crippen LogP contribution in [0.5, 0.6) is 5.75 Å². The summed E-state index contributed by atoms with van der Waals surface area (Å²) in [5.74, 6) is 5.63. The molecule has 0 bridgehead atoms. The number of hydrogen-bond acceptors (Lipinski definition) is 2. The van der Waals surface area contributed by atoms with Gasteiger partial charge in [0.15, 0.2) is 0 Å². The molecule has 1 unspecified atom stereocenters. The highest BCUT2D eigenvalue weighted by Crippen LogP contribution is 2.17. The van der Waals surface area contributed by atoms with Gasteiger partial charge in [-0.2, -0.15) is 0 Å². The van der Waals surface area contributed by atoms with Gasteiger partial charge in [0, 0.05) is 11.6 Å². The fourth-order valence-corrected chi connectivity index (χ4v) is 1.17. The Balaban J connectivity index is 2.89. The van der Waals surface area contributed by atoms with E-state index < -0.39 is 0 Å². The van der Waals surface area contributed by atoms with Crippen LogP contribution in [0.1, 0.15) is 25.8 Å². The lowest BCUT2D eigenvalue weighted by atomic mass is 10.2. The lowest BCUT2D eigenvalue weighted by Gasteiger charge is -2.12. The third-order valence-corrected chi connectivity index (χ3v) is 2.12. The number of benzene rings is 1. The summed E-state index contributed by atoms with van der Waals surface area (Å²) in [6.07, 6.45) is 0.942. The molecular weight excluding hydrogens is 205 g/mol. The van der Waals surface area contributed by atoms with Crippen LogP contribution in [0.2, 0.25) is 0 Å². The molecule has 0 aliphatic rings. The van der Waals surface area contributed by atoms with Crippen LogP contribution in [0.25, 0.3) is 0 Å². The van der Waals surface area contributed by atoms with E-state index in [0.717, 1.165) is 6.42 Å². The van der Waals surface area contributed by atoms with E-state index in [0.29, 0.717) is 11.3 Å². The zero-order valence-electron chi connectivity index (χ0n) is 9.59. The summed E-state index contributed by atoms with van der Waals surface area (Å²) >= 11 is 0. The molecule has 0 amide bonds. The van der Waals surface area contributed by atoms with E-state index in [4.69, 9.17) is 10.5 Å². The van der Waals surface area contributed by atoms with Crippen molar-refractivity contribution in [3.05, 3.63) is 29.6 Å². The molecule has 0 saturated heterocycles. The van der Waals surface area contributed by atoms with Crippen LogP contribution in [0.4, 0.5) is 4.39 Å². The molecule has 2 nitrogen and oxygen atoms in total. The average molecular weight is 221 g/mol. The average Bonchev–Trinajstić information content (AvgIpc) is 2.25. The zero-order chi connectivity index (χ0) is 12.0. The van der Waals surface area contributed by atoms with Gasteiger partial charge in [-0.3, -0.25) is 0 Å². The van der Waals surface area contributed by atoms with E-state index in [1.807, 2.05) is 13.8 Å². The second-order valence-electron chi connectivity index (χ2n) is 3.52. The van der Waals surface area contributed by atoms with E-state index in [2.05, 4.69) is 11.8 Å². The van der Waals surface area contributed by atoms with Crippen molar-refractivity contribution in [3.8, 4) is 17.6 Å². The fraction of sp³-hybridized carbons (Fsp3) is 0.385. The van der Waals surface area contributed by atoms with Crippen molar-refractivity contribution in [2.24, 2.45) is 5.73 Å². The Hall–Kier alpha value is -1.53. The lowest BCUT2D eigenvalue weighted by molar-refractivity contribution is 0.216. The Labute approximate surface area is 95.6 Å². The van der Waals surface area contributed by atoms with Gasteiger partial charge in [-0.1, -0.05) is 18.8 Å². The van der Waals surface area contributed by atoms with Crippen molar-refractivity contribution in [2.75, 3.05) is 6.54 Å². The monoisotopic (exact) mass is 221 g/mol. The Bertz CT molecular complexity index is 406. The first-order valence-electron chi connectivity index (χ1n) is 5.32. The van der Waals surface area contributed by atoms with Gasteiger partial charge in [0.2, 0.25) is 0 Å². The first-order valence-corrected chi connectivity index (χ1v) is 5.32. The topological polar surface area (TPSA) is 35.2 Å². The molecule has 0 aromatic heterocycles. The van der Waals surface area contributed by atoms with Gasteiger partial charge in [0.25, 0.3) is 0 Å². The standard InChI is InChI=1S/C13H16FNO/c1-3-10(2)16-13-8-11(5-4-6-15)7-12(14)9-13/h7-10H,3,6,15H2,1-2H3. The van der Waals surface area contributed by atoms with Crippen LogP contribution >= 0.6 is 0 Å². The molecular formula is C13H16FNO. The predicted molar refractivity (Wildman–Crippen MR) is 62.7 cm³/mol. The van der Waals surface area contributed by atoms with Crippen LogP contribution in [0, 0.1) is 17.7 Å². The minimum atomic E-state index is -0.345. The van der Waals surface area contributed by atoms with E-state index in [1.165, 1.54) is 12.1 Å². The molecule has 2 N–H and O–H groups in total. The quantitative estimate of drug-likeness (QED) is 0.795. The summed E-state index contributed by atoms with van der Waals surface area (Å²) in [6, 6.07) is 4.45. The molecule has 0 aliphatic carbocycles. The molecule has 16 heavy (non-hydrogen) atoms. The Kier molecular flexibility index (Phi) is 4.81. The van der Waals surface area contributed by atoms with Gasteiger partial charge >= 0.3 is 0 Å². The van der Waals surface area contributed by atoms with E-state index in [1.54, 1.807) is 6.07 Å². The second-order valence-corrected chi connectivity index (χ2v) is 3.52. The molecule has 0 fully saturated rings. The minimum Gasteiger partial charge on any atom is -0.491 e. The van der Waals surface area contributed by atoms with Crippen LogP contribution in [-0.2, 0) is 0 Å². The smallest absolute Gasteiger partial charge is 0.128 e. The predicted octanol–water partition coefficient (Wildman–Crippen LogP) is 2.31. The van der Waals surface area contributed by atoms with E-state index >= 15 is 0 Å². The number of halogens is 1. The maximum atomic E-state index is 13.2. The molecule has 1 aromatic carbocycles. The molecule has 3 heteroatoms. The molecule has 0 aliphatic heterocycles. The van der Waals surface area contributed by atoms with Crippen LogP contribution in [0.15, 0.2) is 18.2 Å². The van der Waals surface area contributed by atoms with Crippen molar-refractivity contribution < 1.29 is 9.13 Å². The molecule has 1 atom stereocenters. The van der Waals surface area contributed by atoms with Gasteiger partial charge in [-0.15, -0.1) is 0 Å². The van der Waals surface area contributed by atoms with Crippen molar-refractivity contribution in [2.45, 2.75) is 26.4 Å². The number of hydrogen-bond donors (Lipinski definition) is 1. The minimum absolute atomic E-state index is 0.0668. The number of nitrogens with two attached hydrogens (primary N) is 1. The maximum Gasteiger partial charge on any atom is 0.128 e. The fourth-order valence-electron chi connectivity index (χ4n) is 1.17. The number of ether oxygens (including phenoxy) is 1. The van der Waals surface area contributed by atoms with Gasteiger partial charge in [0.05, 0.1) is 12.6 Å². The summed E-state index contributed by atoms with van der Waals surface area (Å²) in [7, 11) is 0. The van der Waals surface area contributed by atoms with Crippen molar-refractivity contribution in [3.63, 3.8) is 0 Å². The Morgan fingerprint density at radius 3 is 2.81 bits per heavy atom. The van der Waals surface area contributed by atoms with Crippen molar-refractivity contribution in [1.82, 2.24) is 0 Å². The second kappa shape index (κ2) is 6.14. The van der Waals surface area contributed by atoms with Gasteiger partial charge in [0.1, 0.15) is 11.6 Å². The van der Waals surface area contributed by atoms with Gasteiger partial charge in [-0.25, -0.2) is 4.39 Å². The first-order chi connectivity index (χ1) is 7.65. The van der Waals surface area contributed by atoms with Crippen molar-refractivity contribution >= 4 is 0 Å². The molecule has 1 rings (SSSR count). The highest BCUT2D eigenvalue weighted by atomic mass is 19.1. The van der Waals surface area contributed by atoms with Gasteiger partial charge in [-0.05, 0) is 25.5 Å². The number of rotatable bonds is 3. The molecule has 0 saturated carbocycles. The molecule has 1 aromatic rings. The van der Waals surface area contributed by atoms with Crippen LogP contribution in [-0.4, -0.2) is 12.6 Å². The van der Waals surface area contributed by atoms with Crippen LogP contribution < -0.4 is 10.5 Å². The summed E-state index contributed by atoms with van der Waals surface area (Å²) in [6.45, 7) is 4.22. The SMILES string of the molecule is CCC(C)Oc1cc(F)cc(C#CCN)c1. The largest absolute Gasteiger partial charge is 0.491 e. The van der Waals surface area contributed by atoms with E-state index in [-0.39, 0.29) is 18.5 Å². The van der Waals surface area contributed by atoms with Crippen molar-refractivity contribution in [1.29, 1.82) is 0 Å². The highest BCUT2D eigenvalue weighted by molar-refractivity contribution is 5.40. The summed E-state index contributed by atoms with van der Waals surface area (Å²) in [5, 5.41) is 0. The third kappa shape index (κ3) is 3.92. The first kappa shape index (κ1) is 12.5. The lowest BCUT2D eigenvalue weighted by Crippen LogP contribution is -2.09. The normalized spacial score (nSPS) is 11.5. The Morgan fingerprint density at radius 2 is 2.19 bits per heavy atom. The zero-order valence-corrected chi connectivity index (χ0v) is 9.59. The molecule has 0 radical (unpaired) electrons. The van der Waals surface area contributed by atoms with Gasteiger partial charge < -0.3 is 10.5 Å². The third-order valence-electron chi connectivity index (χ3n) is 2.12. The Morgan fingerprint density at radius 1 is 1.44 bits per heavy atom. The van der Waals surface area contributed by atoms with Crippen LogP contribution in [0.3, 0.4) is 0 Å². The van der Waals surface area contributed by atoms with E-state index in [9.17, 15) is 4.39 Å². The summed E-state index contributed by atoms with van der Waals surface area (Å²) in [5.41, 5.74) is 5.84. The molecule has 0 heterocycles. The highest BCUT2D eigenvalue weighted by Gasteiger charge is 2.04.